The van der Waals surface area contributed by atoms with E-state index >= 15 is 0 Å². The molecule has 5 heteroatoms. The molecule has 1 aliphatic rings. The monoisotopic (exact) mass is 340 g/mol. The minimum absolute atomic E-state index is 0.0987. The van der Waals surface area contributed by atoms with Gasteiger partial charge in [0.15, 0.2) is 0 Å². The van der Waals surface area contributed by atoms with Crippen molar-refractivity contribution in [2.45, 2.75) is 20.0 Å². The predicted molar refractivity (Wildman–Crippen MR) is 94.8 cm³/mol. The van der Waals surface area contributed by atoms with Gasteiger partial charge >= 0.3 is 0 Å². The summed E-state index contributed by atoms with van der Waals surface area (Å²) in [5, 5.41) is 4.50. The molecule has 0 spiro atoms. The van der Waals surface area contributed by atoms with Gasteiger partial charge in [-0.3, -0.25) is 4.79 Å². The van der Waals surface area contributed by atoms with Crippen LogP contribution >= 0.6 is 11.6 Å². The molecule has 0 aliphatic carbocycles. The van der Waals surface area contributed by atoms with Crippen LogP contribution in [0.25, 0.3) is 10.9 Å². The molecule has 0 saturated heterocycles. The van der Waals surface area contributed by atoms with Crippen molar-refractivity contribution in [1.82, 2.24) is 9.88 Å². The number of hydrogen-bond donors (Lipinski definition) is 1. The van der Waals surface area contributed by atoms with Gasteiger partial charge in [0, 0.05) is 11.9 Å². The molecule has 0 saturated carbocycles. The molecular formula is C19H17ClN2O2. The summed E-state index contributed by atoms with van der Waals surface area (Å²) in [7, 11) is 0. The van der Waals surface area contributed by atoms with Crippen LogP contribution in [-0.2, 0) is 13.1 Å². The first-order chi connectivity index (χ1) is 11.6. The second kappa shape index (κ2) is 5.87. The van der Waals surface area contributed by atoms with Crippen LogP contribution in [0.2, 0.25) is 5.02 Å². The minimum Gasteiger partial charge on any atom is -0.490 e. The first-order valence-electron chi connectivity index (χ1n) is 7.92. The van der Waals surface area contributed by atoms with E-state index in [2.05, 4.69) is 5.32 Å². The van der Waals surface area contributed by atoms with Crippen molar-refractivity contribution in [2.75, 3.05) is 6.61 Å². The topological polar surface area (TPSA) is 43.3 Å². The number of amides is 1. The minimum atomic E-state index is -0.0987. The highest BCUT2D eigenvalue weighted by Gasteiger charge is 2.22. The largest absolute Gasteiger partial charge is 0.490 e. The van der Waals surface area contributed by atoms with E-state index in [0.717, 1.165) is 27.8 Å². The lowest BCUT2D eigenvalue weighted by atomic mass is 10.1. The normalized spacial score (nSPS) is 12.9. The summed E-state index contributed by atoms with van der Waals surface area (Å²) in [6, 6.07) is 13.6. The number of hydrogen-bond acceptors (Lipinski definition) is 2. The van der Waals surface area contributed by atoms with Gasteiger partial charge in [-0.15, -0.1) is 0 Å². The van der Waals surface area contributed by atoms with Gasteiger partial charge in [0.1, 0.15) is 18.1 Å². The van der Waals surface area contributed by atoms with Gasteiger partial charge in [0.05, 0.1) is 17.1 Å². The molecule has 4 nitrogen and oxygen atoms in total. The Bertz CT molecular complexity index is 946. The molecule has 0 atom stereocenters. The van der Waals surface area contributed by atoms with Crippen LogP contribution in [0.1, 0.15) is 21.6 Å². The van der Waals surface area contributed by atoms with Gasteiger partial charge in [-0.2, -0.15) is 0 Å². The molecule has 4 rings (SSSR count). The average molecular weight is 341 g/mol. The van der Waals surface area contributed by atoms with E-state index in [4.69, 9.17) is 16.3 Å². The second-order valence-corrected chi connectivity index (χ2v) is 6.35. The van der Waals surface area contributed by atoms with Gasteiger partial charge in [-0.25, -0.2) is 0 Å². The molecule has 0 unspecified atom stereocenters. The summed E-state index contributed by atoms with van der Waals surface area (Å²) in [5.41, 5.74) is 3.80. The fourth-order valence-electron chi connectivity index (χ4n) is 3.17. The standard InChI is InChI=1S/C19H17ClN2O2/c1-12-4-2-3-5-13(12)11-21-19(23)16-10-14-15(20)6-7-17-18(14)22(16)8-9-24-17/h2-7,10H,8-9,11H2,1H3,(H,21,23). The number of rotatable bonds is 3. The Morgan fingerprint density at radius 1 is 1.29 bits per heavy atom. The number of carbonyl (C=O) groups excluding carboxylic acids is 1. The van der Waals surface area contributed by atoms with Gasteiger partial charge in [0.25, 0.3) is 5.91 Å². The fourth-order valence-corrected chi connectivity index (χ4v) is 3.38. The Morgan fingerprint density at radius 3 is 2.96 bits per heavy atom. The van der Waals surface area contributed by atoms with Crippen molar-refractivity contribution >= 4 is 28.4 Å². The van der Waals surface area contributed by atoms with Crippen LogP contribution in [-0.4, -0.2) is 17.1 Å². The smallest absolute Gasteiger partial charge is 0.268 e. The highest BCUT2D eigenvalue weighted by atomic mass is 35.5. The summed E-state index contributed by atoms with van der Waals surface area (Å²) in [5.74, 6) is 0.678. The molecule has 1 N–H and O–H groups in total. The maximum atomic E-state index is 12.7. The summed E-state index contributed by atoms with van der Waals surface area (Å²) in [6.45, 7) is 3.74. The van der Waals surface area contributed by atoms with Crippen molar-refractivity contribution in [1.29, 1.82) is 0 Å². The zero-order valence-electron chi connectivity index (χ0n) is 13.3. The van der Waals surface area contributed by atoms with Crippen LogP contribution in [0.15, 0.2) is 42.5 Å². The molecule has 1 aromatic heterocycles. The molecule has 0 bridgehead atoms. The molecule has 122 valence electrons. The number of benzene rings is 2. The molecule has 0 fully saturated rings. The van der Waals surface area contributed by atoms with E-state index < -0.39 is 0 Å². The zero-order valence-corrected chi connectivity index (χ0v) is 14.1. The van der Waals surface area contributed by atoms with E-state index in [1.165, 1.54) is 0 Å². The predicted octanol–water partition coefficient (Wildman–Crippen LogP) is 3.93. The van der Waals surface area contributed by atoms with Crippen molar-refractivity contribution in [2.24, 2.45) is 0 Å². The van der Waals surface area contributed by atoms with Gasteiger partial charge < -0.3 is 14.6 Å². The molecule has 3 aromatic rings. The van der Waals surface area contributed by atoms with Crippen LogP contribution in [0.3, 0.4) is 0 Å². The van der Waals surface area contributed by atoms with Crippen LogP contribution in [0, 0.1) is 6.92 Å². The SMILES string of the molecule is Cc1ccccc1CNC(=O)c1cc2c(Cl)ccc3c2n1CCO3. The Hall–Kier alpha value is -2.46. The van der Waals surface area contributed by atoms with Crippen molar-refractivity contribution in [3.63, 3.8) is 0 Å². The molecule has 2 aromatic carbocycles. The average Bonchev–Trinajstić information content (AvgIpc) is 2.99. The molecular weight excluding hydrogens is 324 g/mol. The van der Waals surface area contributed by atoms with Crippen molar-refractivity contribution in [3.8, 4) is 5.75 Å². The van der Waals surface area contributed by atoms with E-state index in [1.807, 2.05) is 54.0 Å². The third-order valence-corrected chi connectivity index (χ3v) is 4.80. The lowest BCUT2D eigenvalue weighted by Gasteiger charge is -2.19. The number of aryl methyl sites for hydroxylation is 1. The number of nitrogens with zero attached hydrogens (tertiary/aromatic N) is 1. The molecule has 24 heavy (non-hydrogen) atoms. The fraction of sp³-hybridized carbons (Fsp3) is 0.211. The summed E-state index contributed by atoms with van der Waals surface area (Å²) >= 11 is 6.29. The van der Waals surface area contributed by atoms with Gasteiger partial charge in [-0.05, 0) is 36.2 Å². The third kappa shape index (κ3) is 2.43. The lowest BCUT2D eigenvalue weighted by Crippen LogP contribution is -2.27. The lowest BCUT2D eigenvalue weighted by molar-refractivity contribution is 0.0940. The maximum Gasteiger partial charge on any atom is 0.268 e. The number of nitrogens with one attached hydrogen (secondary N) is 1. The number of halogens is 1. The first-order valence-corrected chi connectivity index (χ1v) is 8.30. The Kier molecular flexibility index (Phi) is 3.69. The molecule has 0 radical (unpaired) electrons. The third-order valence-electron chi connectivity index (χ3n) is 4.47. The Labute approximate surface area is 145 Å². The second-order valence-electron chi connectivity index (χ2n) is 5.95. The maximum absolute atomic E-state index is 12.7. The van der Waals surface area contributed by atoms with Crippen molar-refractivity contribution in [3.05, 3.63) is 64.3 Å². The zero-order chi connectivity index (χ0) is 16.7. The Balaban J connectivity index is 1.67. The van der Waals surface area contributed by atoms with Crippen molar-refractivity contribution < 1.29 is 9.53 Å². The molecule has 2 heterocycles. The van der Waals surface area contributed by atoms with E-state index in [-0.39, 0.29) is 5.91 Å². The summed E-state index contributed by atoms with van der Waals surface area (Å²) in [6.07, 6.45) is 0. The van der Waals surface area contributed by atoms with Gasteiger partial charge in [0.2, 0.25) is 0 Å². The van der Waals surface area contributed by atoms with Crippen LogP contribution < -0.4 is 10.1 Å². The Morgan fingerprint density at radius 2 is 2.12 bits per heavy atom. The highest BCUT2D eigenvalue weighted by Crippen LogP contribution is 2.36. The quantitative estimate of drug-likeness (QED) is 0.785. The van der Waals surface area contributed by atoms with Gasteiger partial charge in [-0.1, -0.05) is 35.9 Å². The van der Waals surface area contributed by atoms with E-state index in [0.29, 0.717) is 30.4 Å². The number of aromatic nitrogens is 1. The van der Waals surface area contributed by atoms with Crippen LogP contribution in [0.4, 0.5) is 0 Å². The summed E-state index contributed by atoms with van der Waals surface area (Å²) in [4.78, 5) is 12.7. The first kappa shape index (κ1) is 15.1. The van der Waals surface area contributed by atoms with E-state index in [9.17, 15) is 4.79 Å². The summed E-state index contributed by atoms with van der Waals surface area (Å²) < 4.78 is 7.67. The molecule has 1 amide bonds. The number of carbonyl (C=O) groups is 1. The number of ether oxygens (including phenoxy) is 1. The highest BCUT2D eigenvalue weighted by molar-refractivity contribution is 6.36. The van der Waals surface area contributed by atoms with E-state index in [1.54, 1.807) is 0 Å². The van der Waals surface area contributed by atoms with Crippen LogP contribution in [0.5, 0.6) is 5.75 Å². The molecule has 1 aliphatic heterocycles.